The fourth-order valence-corrected chi connectivity index (χ4v) is 4.09. The van der Waals surface area contributed by atoms with Crippen LogP contribution in [0.15, 0.2) is 48.5 Å². The first-order valence-corrected chi connectivity index (χ1v) is 11.8. The Morgan fingerprint density at radius 2 is 1.73 bits per heavy atom. The lowest BCUT2D eigenvalue weighted by Crippen LogP contribution is -2.50. The van der Waals surface area contributed by atoms with Crippen LogP contribution in [0.3, 0.4) is 0 Å². The van der Waals surface area contributed by atoms with Crippen molar-refractivity contribution in [2.45, 2.75) is 32.6 Å². The Hall–Kier alpha value is -3.08. The summed E-state index contributed by atoms with van der Waals surface area (Å²) in [7, 11) is -2.72. The van der Waals surface area contributed by atoms with E-state index in [4.69, 9.17) is 0 Å². The van der Waals surface area contributed by atoms with Gasteiger partial charge in [0.25, 0.3) is 0 Å². The predicted molar refractivity (Wildman–Crippen MR) is 119 cm³/mol. The van der Waals surface area contributed by atoms with Crippen molar-refractivity contribution in [1.29, 1.82) is 0 Å². The number of nitrogens with one attached hydrogen (secondary N) is 1. The highest BCUT2D eigenvalue weighted by atomic mass is 32.2. The molecule has 180 valence electrons. The number of carbonyl (C=O) groups is 2. The second-order valence-electron chi connectivity index (χ2n) is 7.62. The van der Waals surface area contributed by atoms with Gasteiger partial charge in [0.2, 0.25) is 21.8 Å². The molecule has 2 aromatic rings. The zero-order valence-corrected chi connectivity index (χ0v) is 19.5. The molecule has 2 rings (SSSR count). The minimum Gasteiger partial charge on any atom is -0.357 e. The van der Waals surface area contributed by atoms with Gasteiger partial charge in [-0.3, -0.25) is 13.9 Å². The molecule has 7 nitrogen and oxygen atoms in total. The molecule has 0 aliphatic carbocycles. The van der Waals surface area contributed by atoms with Gasteiger partial charge in [0.05, 0.1) is 17.5 Å². The Balaban J connectivity index is 2.43. The number of sulfonamides is 1. The van der Waals surface area contributed by atoms with Crippen LogP contribution in [0, 0.1) is 6.92 Å². The molecule has 0 aliphatic heterocycles. The van der Waals surface area contributed by atoms with Gasteiger partial charge in [-0.1, -0.05) is 35.9 Å². The van der Waals surface area contributed by atoms with Gasteiger partial charge in [-0.2, -0.15) is 13.2 Å². The zero-order chi connectivity index (χ0) is 25.0. The molecule has 1 unspecified atom stereocenters. The Bertz CT molecular complexity index is 1120. The fraction of sp³-hybridized carbons (Fsp3) is 0.364. The molecule has 0 spiro atoms. The first-order chi connectivity index (χ1) is 15.2. The van der Waals surface area contributed by atoms with E-state index in [0.29, 0.717) is 15.9 Å². The molecule has 11 heteroatoms. The van der Waals surface area contributed by atoms with Gasteiger partial charge in [-0.15, -0.1) is 0 Å². The molecule has 0 heterocycles. The number of aryl methyl sites for hydroxylation is 1. The van der Waals surface area contributed by atoms with Gasteiger partial charge in [0.15, 0.2) is 0 Å². The van der Waals surface area contributed by atoms with Gasteiger partial charge in [0, 0.05) is 13.6 Å². The summed E-state index contributed by atoms with van der Waals surface area (Å²) in [4.78, 5) is 26.7. The highest BCUT2D eigenvalue weighted by Gasteiger charge is 2.33. The number of hydrogen-bond acceptors (Lipinski definition) is 4. The topological polar surface area (TPSA) is 86.8 Å². The molecular formula is C22H26F3N3O4S. The van der Waals surface area contributed by atoms with Crippen molar-refractivity contribution in [2.24, 2.45) is 0 Å². The maximum absolute atomic E-state index is 13.2. The van der Waals surface area contributed by atoms with E-state index < -0.39 is 46.2 Å². The van der Waals surface area contributed by atoms with Crippen molar-refractivity contribution >= 4 is 27.5 Å². The van der Waals surface area contributed by atoms with Crippen molar-refractivity contribution in [2.75, 3.05) is 24.2 Å². The van der Waals surface area contributed by atoms with Crippen molar-refractivity contribution in [1.82, 2.24) is 10.2 Å². The molecule has 0 radical (unpaired) electrons. The average Bonchev–Trinajstić information content (AvgIpc) is 2.73. The number of nitrogens with zero attached hydrogens (tertiary/aromatic N) is 2. The third-order valence-corrected chi connectivity index (χ3v) is 6.13. The number of hydrogen-bond donors (Lipinski definition) is 1. The Morgan fingerprint density at radius 1 is 1.09 bits per heavy atom. The number of rotatable bonds is 8. The number of halogens is 3. The van der Waals surface area contributed by atoms with Crippen LogP contribution < -0.4 is 9.62 Å². The highest BCUT2D eigenvalue weighted by molar-refractivity contribution is 7.92. The molecule has 0 aliphatic rings. The Kier molecular flexibility index (Phi) is 8.12. The first kappa shape index (κ1) is 26.2. The highest BCUT2D eigenvalue weighted by Crippen LogP contribution is 2.32. The summed E-state index contributed by atoms with van der Waals surface area (Å²) in [5.74, 6) is -1.21. The number of alkyl halides is 3. The maximum Gasteiger partial charge on any atom is 0.416 e. The first-order valence-electron chi connectivity index (χ1n) is 9.95. The van der Waals surface area contributed by atoms with Crippen LogP contribution in [0.25, 0.3) is 0 Å². The van der Waals surface area contributed by atoms with E-state index in [2.05, 4.69) is 5.32 Å². The second kappa shape index (κ2) is 10.2. The van der Waals surface area contributed by atoms with E-state index >= 15 is 0 Å². The maximum atomic E-state index is 13.2. The minimum absolute atomic E-state index is 0.00922. The van der Waals surface area contributed by atoms with Crippen LogP contribution in [0.1, 0.15) is 23.6 Å². The third-order valence-electron chi connectivity index (χ3n) is 4.99. The largest absolute Gasteiger partial charge is 0.416 e. The molecule has 0 saturated heterocycles. The molecule has 2 aromatic carbocycles. The monoisotopic (exact) mass is 485 g/mol. The van der Waals surface area contributed by atoms with Gasteiger partial charge in [0.1, 0.15) is 12.6 Å². The number of likely N-dealkylation sites (N-methyl/N-ethyl adjacent to an activating group) is 1. The van der Waals surface area contributed by atoms with E-state index in [1.165, 1.54) is 24.9 Å². The molecule has 1 atom stereocenters. The van der Waals surface area contributed by atoms with Crippen molar-refractivity contribution in [3.05, 3.63) is 65.2 Å². The third kappa shape index (κ3) is 6.95. The Labute approximate surface area is 191 Å². The van der Waals surface area contributed by atoms with E-state index in [-0.39, 0.29) is 12.2 Å². The normalized spacial score (nSPS) is 12.7. The molecule has 0 saturated carbocycles. The average molecular weight is 486 g/mol. The van der Waals surface area contributed by atoms with Gasteiger partial charge in [-0.05, 0) is 37.6 Å². The smallest absolute Gasteiger partial charge is 0.357 e. The lowest BCUT2D eigenvalue weighted by Gasteiger charge is -2.31. The summed E-state index contributed by atoms with van der Waals surface area (Å²) in [5, 5.41) is 2.45. The number of carbonyl (C=O) groups excluding carboxylic acids is 2. The van der Waals surface area contributed by atoms with Crippen molar-refractivity contribution in [3.8, 4) is 0 Å². The number of amides is 2. The van der Waals surface area contributed by atoms with Gasteiger partial charge >= 0.3 is 6.18 Å². The van der Waals surface area contributed by atoms with E-state index in [1.807, 2.05) is 19.1 Å². The fourth-order valence-electron chi connectivity index (χ4n) is 3.25. The van der Waals surface area contributed by atoms with E-state index in [1.54, 1.807) is 12.1 Å². The molecule has 0 aromatic heterocycles. The molecule has 0 fully saturated rings. The van der Waals surface area contributed by atoms with Crippen molar-refractivity contribution < 1.29 is 31.2 Å². The number of anilines is 1. The summed E-state index contributed by atoms with van der Waals surface area (Å²) in [5.41, 5.74) is 0.290. The van der Waals surface area contributed by atoms with Crippen LogP contribution in [-0.2, 0) is 32.3 Å². The van der Waals surface area contributed by atoms with E-state index in [9.17, 15) is 31.2 Å². The Morgan fingerprint density at radius 3 is 2.27 bits per heavy atom. The molecule has 2 amide bonds. The van der Waals surface area contributed by atoms with Gasteiger partial charge < -0.3 is 10.2 Å². The molecule has 33 heavy (non-hydrogen) atoms. The second-order valence-corrected chi connectivity index (χ2v) is 9.53. The summed E-state index contributed by atoms with van der Waals surface area (Å²) in [6, 6.07) is 9.98. The minimum atomic E-state index is -4.69. The van der Waals surface area contributed by atoms with Crippen LogP contribution in [0.5, 0.6) is 0 Å². The summed E-state index contributed by atoms with van der Waals surface area (Å²) in [6.07, 6.45) is -3.89. The lowest BCUT2D eigenvalue weighted by atomic mass is 10.1. The number of benzene rings is 2. The van der Waals surface area contributed by atoms with Crippen LogP contribution in [0.2, 0.25) is 0 Å². The summed E-state index contributed by atoms with van der Waals surface area (Å²) < 4.78 is 64.8. The van der Waals surface area contributed by atoms with Crippen molar-refractivity contribution in [3.63, 3.8) is 0 Å². The summed E-state index contributed by atoms with van der Waals surface area (Å²) >= 11 is 0. The zero-order valence-electron chi connectivity index (χ0n) is 18.7. The van der Waals surface area contributed by atoms with E-state index in [0.717, 1.165) is 24.0 Å². The molecule has 1 N–H and O–H groups in total. The SMILES string of the molecule is CNC(=O)C(C)N(Cc1cccc(C)c1)C(=O)CN(c1cccc(C(F)(F)F)c1)S(C)(=O)=O. The molecule has 0 bridgehead atoms. The van der Waals surface area contributed by atoms with Crippen LogP contribution in [-0.4, -0.2) is 51.0 Å². The van der Waals surface area contributed by atoms with Crippen LogP contribution >= 0.6 is 0 Å². The van der Waals surface area contributed by atoms with Crippen LogP contribution in [0.4, 0.5) is 18.9 Å². The lowest BCUT2D eigenvalue weighted by molar-refractivity contribution is -0.139. The standard InChI is InChI=1S/C22H26F3N3O4S/c1-15-7-5-8-17(11-15)13-27(16(2)21(30)26-3)20(29)14-28(33(4,31)32)19-10-6-9-18(12-19)22(23,24)25/h5-12,16H,13-14H2,1-4H3,(H,26,30). The van der Waals surface area contributed by atoms with Gasteiger partial charge in [-0.25, -0.2) is 8.42 Å². The summed E-state index contributed by atoms with van der Waals surface area (Å²) in [6.45, 7) is 2.58. The predicted octanol–water partition coefficient (Wildman–Crippen LogP) is 2.94. The quantitative estimate of drug-likeness (QED) is 0.623. The molecular weight excluding hydrogens is 459 g/mol.